The number of methoxy groups -OCH3 is 2. The van der Waals surface area contributed by atoms with Gasteiger partial charge in [-0.2, -0.15) is 0 Å². The Morgan fingerprint density at radius 1 is 1.12 bits per heavy atom. The molecule has 0 bridgehead atoms. The predicted molar refractivity (Wildman–Crippen MR) is 63.4 cm³/mol. The number of hydrogen-bond donors (Lipinski definition) is 0. The van der Waals surface area contributed by atoms with Gasteiger partial charge in [0.15, 0.2) is 5.78 Å². The molecular weight excluding hydrogens is 220 g/mol. The largest absolute Gasteiger partial charge is 0.496 e. The second kappa shape index (κ2) is 5.48. The second-order valence-electron chi connectivity index (χ2n) is 3.74. The van der Waals surface area contributed by atoms with Crippen LogP contribution in [-0.2, 0) is 9.53 Å². The molecule has 0 radical (unpaired) electrons. The Morgan fingerprint density at radius 2 is 1.76 bits per heavy atom. The summed E-state index contributed by atoms with van der Waals surface area (Å²) in [6.07, 6.45) is -0.233. The second-order valence-corrected chi connectivity index (χ2v) is 3.74. The van der Waals surface area contributed by atoms with Gasteiger partial charge >= 0.3 is 5.97 Å². The average molecular weight is 236 g/mol. The number of ether oxygens (including phenoxy) is 2. The van der Waals surface area contributed by atoms with E-state index in [0.717, 1.165) is 16.9 Å². The summed E-state index contributed by atoms with van der Waals surface area (Å²) in [4.78, 5) is 22.9. The van der Waals surface area contributed by atoms with Gasteiger partial charge in [-0.15, -0.1) is 0 Å². The van der Waals surface area contributed by atoms with Crippen molar-refractivity contribution in [1.29, 1.82) is 0 Å². The average Bonchev–Trinajstić information content (AvgIpc) is 2.32. The highest BCUT2D eigenvalue weighted by Gasteiger charge is 2.16. The first-order chi connectivity index (χ1) is 8.01. The minimum absolute atomic E-state index is 0.233. The van der Waals surface area contributed by atoms with Gasteiger partial charge in [-0.1, -0.05) is 0 Å². The number of Topliss-reactive ketones (excluding diaryl/α,β-unsaturated/α-hetero) is 1. The van der Waals surface area contributed by atoms with Gasteiger partial charge in [-0.3, -0.25) is 9.59 Å². The highest BCUT2D eigenvalue weighted by atomic mass is 16.5. The van der Waals surface area contributed by atoms with Gasteiger partial charge in [0.05, 0.1) is 14.2 Å². The normalized spacial score (nSPS) is 9.88. The minimum Gasteiger partial charge on any atom is -0.496 e. The van der Waals surface area contributed by atoms with Crippen molar-refractivity contribution in [1.82, 2.24) is 0 Å². The van der Waals surface area contributed by atoms with Gasteiger partial charge in [0.1, 0.15) is 12.2 Å². The van der Waals surface area contributed by atoms with Crippen molar-refractivity contribution in [2.45, 2.75) is 20.3 Å². The quantitative estimate of drug-likeness (QED) is 0.456. The standard InChI is InChI=1S/C13H16O4/c1-8-9(2)12(16-3)6-5-10(8)11(14)7-13(15)17-4/h5-6H,7H2,1-4H3. The highest BCUT2D eigenvalue weighted by Crippen LogP contribution is 2.24. The van der Waals surface area contributed by atoms with Crippen LogP contribution in [0.15, 0.2) is 12.1 Å². The van der Waals surface area contributed by atoms with Crippen LogP contribution in [0.5, 0.6) is 5.75 Å². The molecule has 0 aliphatic rings. The zero-order valence-electron chi connectivity index (χ0n) is 10.5. The fourth-order valence-electron chi connectivity index (χ4n) is 1.62. The van der Waals surface area contributed by atoms with Crippen LogP contribution in [0.2, 0.25) is 0 Å². The molecule has 0 heterocycles. The summed E-state index contributed by atoms with van der Waals surface area (Å²) in [5.41, 5.74) is 2.27. The number of carbonyl (C=O) groups is 2. The minimum atomic E-state index is -0.525. The summed E-state index contributed by atoms with van der Waals surface area (Å²) in [7, 11) is 2.85. The van der Waals surface area contributed by atoms with Crippen molar-refractivity contribution in [2.75, 3.05) is 14.2 Å². The lowest BCUT2D eigenvalue weighted by atomic mass is 9.98. The molecule has 0 unspecified atom stereocenters. The van der Waals surface area contributed by atoms with Crippen LogP contribution >= 0.6 is 0 Å². The fourth-order valence-corrected chi connectivity index (χ4v) is 1.62. The molecule has 1 aromatic rings. The molecule has 0 fully saturated rings. The van der Waals surface area contributed by atoms with Crippen molar-refractivity contribution in [3.05, 3.63) is 28.8 Å². The van der Waals surface area contributed by atoms with Gasteiger partial charge in [-0.25, -0.2) is 0 Å². The number of hydrogen-bond acceptors (Lipinski definition) is 4. The fraction of sp³-hybridized carbons (Fsp3) is 0.385. The Morgan fingerprint density at radius 3 is 2.29 bits per heavy atom. The molecule has 17 heavy (non-hydrogen) atoms. The maximum atomic E-state index is 11.8. The van der Waals surface area contributed by atoms with E-state index in [4.69, 9.17) is 4.74 Å². The summed E-state index contributed by atoms with van der Waals surface area (Å²) in [5.74, 6) is -0.0277. The Labute approximate surface area is 101 Å². The first-order valence-corrected chi connectivity index (χ1v) is 5.25. The van der Waals surface area contributed by atoms with E-state index >= 15 is 0 Å². The molecule has 1 rings (SSSR count). The van der Waals surface area contributed by atoms with Crippen LogP contribution in [0, 0.1) is 13.8 Å². The van der Waals surface area contributed by atoms with E-state index < -0.39 is 5.97 Å². The molecule has 1 aromatic carbocycles. The summed E-state index contributed by atoms with van der Waals surface area (Å²) in [6.45, 7) is 3.71. The van der Waals surface area contributed by atoms with Crippen molar-refractivity contribution >= 4 is 11.8 Å². The molecule has 0 amide bonds. The maximum Gasteiger partial charge on any atom is 0.313 e. The van der Waals surface area contributed by atoms with E-state index in [9.17, 15) is 9.59 Å². The number of ketones is 1. The summed E-state index contributed by atoms with van der Waals surface area (Å²) in [6, 6.07) is 3.40. The zero-order chi connectivity index (χ0) is 13.0. The van der Waals surface area contributed by atoms with Crippen molar-refractivity contribution < 1.29 is 19.1 Å². The van der Waals surface area contributed by atoms with E-state index in [2.05, 4.69) is 4.74 Å². The van der Waals surface area contributed by atoms with Gasteiger partial charge in [0.25, 0.3) is 0 Å². The van der Waals surface area contributed by atoms with Crippen LogP contribution in [0.3, 0.4) is 0 Å². The summed E-state index contributed by atoms with van der Waals surface area (Å²) in [5, 5.41) is 0. The van der Waals surface area contributed by atoms with Gasteiger partial charge < -0.3 is 9.47 Å². The SMILES string of the molecule is COC(=O)CC(=O)c1ccc(OC)c(C)c1C. The maximum absolute atomic E-state index is 11.8. The molecule has 0 saturated carbocycles. The number of benzene rings is 1. The van der Waals surface area contributed by atoms with Crippen LogP contribution in [0.1, 0.15) is 27.9 Å². The first-order valence-electron chi connectivity index (χ1n) is 5.25. The number of esters is 1. The molecule has 0 saturated heterocycles. The zero-order valence-corrected chi connectivity index (χ0v) is 10.5. The van der Waals surface area contributed by atoms with E-state index in [1.165, 1.54) is 7.11 Å². The summed E-state index contributed by atoms with van der Waals surface area (Å²) >= 11 is 0. The lowest BCUT2D eigenvalue weighted by molar-refractivity contribution is -0.139. The van der Waals surface area contributed by atoms with Crippen LogP contribution < -0.4 is 4.74 Å². The summed E-state index contributed by atoms with van der Waals surface area (Å²) < 4.78 is 9.63. The smallest absolute Gasteiger partial charge is 0.313 e. The van der Waals surface area contributed by atoms with Crippen molar-refractivity contribution in [3.8, 4) is 5.75 Å². The third kappa shape index (κ3) is 2.84. The third-order valence-corrected chi connectivity index (χ3v) is 2.79. The molecule has 0 aliphatic heterocycles. The lowest BCUT2D eigenvalue weighted by Crippen LogP contribution is -2.11. The lowest BCUT2D eigenvalue weighted by Gasteiger charge is -2.11. The molecular formula is C13H16O4. The van der Waals surface area contributed by atoms with Crippen LogP contribution in [-0.4, -0.2) is 26.0 Å². The molecule has 0 aromatic heterocycles. The van der Waals surface area contributed by atoms with E-state index in [-0.39, 0.29) is 12.2 Å². The predicted octanol–water partition coefficient (Wildman–Crippen LogP) is 2.06. The van der Waals surface area contributed by atoms with E-state index in [0.29, 0.717) is 5.56 Å². The first kappa shape index (κ1) is 13.2. The molecule has 0 N–H and O–H groups in total. The van der Waals surface area contributed by atoms with E-state index in [1.807, 2.05) is 13.8 Å². The van der Waals surface area contributed by atoms with Crippen molar-refractivity contribution in [3.63, 3.8) is 0 Å². The Hall–Kier alpha value is -1.84. The Kier molecular flexibility index (Phi) is 4.26. The Balaban J connectivity index is 3.03. The highest BCUT2D eigenvalue weighted by molar-refractivity contribution is 6.07. The monoisotopic (exact) mass is 236 g/mol. The molecule has 4 nitrogen and oxygen atoms in total. The molecule has 0 aliphatic carbocycles. The van der Waals surface area contributed by atoms with Gasteiger partial charge in [-0.05, 0) is 37.1 Å². The van der Waals surface area contributed by atoms with Gasteiger partial charge in [0, 0.05) is 5.56 Å². The van der Waals surface area contributed by atoms with Crippen LogP contribution in [0.25, 0.3) is 0 Å². The van der Waals surface area contributed by atoms with Crippen molar-refractivity contribution in [2.24, 2.45) is 0 Å². The topological polar surface area (TPSA) is 52.6 Å². The third-order valence-electron chi connectivity index (χ3n) is 2.79. The molecule has 0 atom stereocenters. The van der Waals surface area contributed by atoms with Gasteiger partial charge in [0.2, 0.25) is 0 Å². The molecule has 92 valence electrons. The molecule has 4 heteroatoms. The van der Waals surface area contributed by atoms with Crippen LogP contribution in [0.4, 0.5) is 0 Å². The van der Waals surface area contributed by atoms with E-state index in [1.54, 1.807) is 19.2 Å². The Bertz CT molecular complexity index is 449. The molecule has 0 spiro atoms. The number of rotatable bonds is 4. The number of carbonyl (C=O) groups excluding carboxylic acids is 2.